The van der Waals surface area contributed by atoms with Crippen LogP contribution in [0.4, 0.5) is 0 Å². The predicted octanol–water partition coefficient (Wildman–Crippen LogP) is 0.950. The molecule has 0 aliphatic carbocycles. The molecule has 0 aromatic heterocycles. The molecule has 6 heteroatoms. The fourth-order valence-corrected chi connectivity index (χ4v) is 1.69. The summed E-state index contributed by atoms with van der Waals surface area (Å²) in [6, 6.07) is 6.52. The number of benzene rings is 1. The Kier molecular flexibility index (Phi) is 5.90. The average Bonchev–Trinajstić information content (AvgIpc) is 2.43. The van der Waals surface area contributed by atoms with Crippen LogP contribution in [0.15, 0.2) is 24.3 Å². The Morgan fingerprint density at radius 1 is 1.24 bits per heavy atom. The molecule has 6 nitrogen and oxygen atoms in total. The third kappa shape index (κ3) is 5.25. The monoisotopic (exact) mass is 292 g/mol. The highest BCUT2D eigenvalue weighted by molar-refractivity contribution is 5.96. The van der Waals surface area contributed by atoms with Crippen molar-refractivity contribution in [1.29, 1.82) is 0 Å². The van der Waals surface area contributed by atoms with Crippen LogP contribution in [0, 0.1) is 12.8 Å². The Balaban J connectivity index is 2.46. The minimum absolute atomic E-state index is 0.191. The molecule has 0 saturated carbocycles. The van der Waals surface area contributed by atoms with E-state index < -0.39 is 23.8 Å². The lowest BCUT2D eigenvalue weighted by molar-refractivity contribution is -0.142. The largest absolute Gasteiger partial charge is 0.481 e. The summed E-state index contributed by atoms with van der Waals surface area (Å²) in [4.78, 5) is 34.3. The summed E-state index contributed by atoms with van der Waals surface area (Å²) >= 11 is 0. The number of carbonyl (C=O) groups is 3. The predicted molar refractivity (Wildman–Crippen MR) is 77.9 cm³/mol. The van der Waals surface area contributed by atoms with Gasteiger partial charge in [0.25, 0.3) is 5.91 Å². The van der Waals surface area contributed by atoms with Crippen molar-refractivity contribution in [3.05, 3.63) is 35.4 Å². The highest BCUT2D eigenvalue weighted by Gasteiger charge is 2.21. The molecule has 0 aliphatic rings. The summed E-state index contributed by atoms with van der Waals surface area (Å²) in [7, 11) is 0. The summed E-state index contributed by atoms with van der Waals surface area (Å²) < 4.78 is 0. The first-order valence-electron chi connectivity index (χ1n) is 6.68. The molecule has 0 heterocycles. The van der Waals surface area contributed by atoms with Gasteiger partial charge in [-0.2, -0.15) is 0 Å². The van der Waals surface area contributed by atoms with Crippen molar-refractivity contribution < 1.29 is 19.5 Å². The van der Waals surface area contributed by atoms with Crippen LogP contribution in [-0.2, 0) is 9.59 Å². The first kappa shape index (κ1) is 16.7. The summed E-state index contributed by atoms with van der Waals surface area (Å²) in [6.07, 6.45) is 0. The van der Waals surface area contributed by atoms with Gasteiger partial charge in [0.2, 0.25) is 5.91 Å². The first-order chi connectivity index (χ1) is 9.81. The maximum Gasteiger partial charge on any atom is 0.308 e. The summed E-state index contributed by atoms with van der Waals surface area (Å²) in [5.74, 6) is -2.43. The molecule has 2 atom stereocenters. The van der Waals surface area contributed by atoms with Crippen LogP contribution in [0.5, 0.6) is 0 Å². The van der Waals surface area contributed by atoms with Gasteiger partial charge in [-0.25, -0.2) is 0 Å². The van der Waals surface area contributed by atoms with E-state index >= 15 is 0 Å². The lowest BCUT2D eigenvalue weighted by atomic mass is 10.0. The van der Waals surface area contributed by atoms with Crippen molar-refractivity contribution in [3.8, 4) is 0 Å². The standard InChI is InChI=1S/C15H20N2O4/c1-9-5-4-6-12(7-9)14(19)16-8-13(18)17-11(3)10(2)15(20)21/h4-7,10-11H,8H2,1-3H3,(H,16,19)(H,17,18)(H,20,21). The van der Waals surface area contributed by atoms with Crippen molar-refractivity contribution in [1.82, 2.24) is 10.6 Å². The van der Waals surface area contributed by atoms with Crippen LogP contribution in [0.25, 0.3) is 0 Å². The molecular formula is C15H20N2O4. The second-order valence-corrected chi connectivity index (χ2v) is 5.04. The molecule has 1 aromatic carbocycles. The van der Waals surface area contributed by atoms with Gasteiger partial charge in [-0.1, -0.05) is 17.7 Å². The summed E-state index contributed by atoms with van der Waals surface area (Å²) in [5, 5.41) is 13.9. The molecule has 1 aromatic rings. The van der Waals surface area contributed by atoms with E-state index in [2.05, 4.69) is 10.6 Å². The first-order valence-corrected chi connectivity index (χ1v) is 6.68. The van der Waals surface area contributed by atoms with Gasteiger partial charge in [0.05, 0.1) is 12.5 Å². The van der Waals surface area contributed by atoms with Crippen molar-refractivity contribution in [2.24, 2.45) is 5.92 Å². The lowest BCUT2D eigenvalue weighted by Gasteiger charge is -2.17. The molecule has 1 rings (SSSR count). The van der Waals surface area contributed by atoms with Gasteiger partial charge < -0.3 is 15.7 Å². The molecule has 3 N–H and O–H groups in total. The number of hydrogen-bond acceptors (Lipinski definition) is 3. The van der Waals surface area contributed by atoms with Gasteiger partial charge >= 0.3 is 5.97 Å². The van der Waals surface area contributed by atoms with E-state index in [9.17, 15) is 14.4 Å². The molecule has 2 amide bonds. The number of carbonyl (C=O) groups excluding carboxylic acids is 2. The SMILES string of the molecule is Cc1cccc(C(=O)NCC(=O)NC(C)C(C)C(=O)O)c1. The zero-order valence-electron chi connectivity index (χ0n) is 12.3. The van der Waals surface area contributed by atoms with E-state index in [1.54, 1.807) is 25.1 Å². The van der Waals surface area contributed by atoms with Crippen LogP contribution >= 0.6 is 0 Å². The van der Waals surface area contributed by atoms with Gasteiger partial charge in [0, 0.05) is 11.6 Å². The van der Waals surface area contributed by atoms with E-state index in [0.717, 1.165) is 5.56 Å². The van der Waals surface area contributed by atoms with Crippen molar-refractivity contribution in [3.63, 3.8) is 0 Å². The van der Waals surface area contributed by atoms with Gasteiger partial charge in [0.15, 0.2) is 0 Å². The van der Waals surface area contributed by atoms with Gasteiger partial charge in [0.1, 0.15) is 0 Å². The van der Waals surface area contributed by atoms with Crippen LogP contribution < -0.4 is 10.6 Å². The molecule has 21 heavy (non-hydrogen) atoms. The fourth-order valence-electron chi connectivity index (χ4n) is 1.69. The second kappa shape index (κ2) is 7.42. The molecule has 0 spiro atoms. The number of carboxylic acids is 1. The Bertz CT molecular complexity index is 542. The number of aliphatic carboxylic acids is 1. The fraction of sp³-hybridized carbons (Fsp3) is 0.400. The maximum atomic E-state index is 11.8. The second-order valence-electron chi connectivity index (χ2n) is 5.04. The Hall–Kier alpha value is -2.37. The van der Waals surface area contributed by atoms with E-state index in [1.165, 1.54) is 6.92 Å². The van der Waals surface area contributed by atoms with Crippen molar-refractivity contribution >= 4 is 17.8 Å². The summed E-state index contributed by atoms with van der Waals surface area (Å²) in [5.41, 5.74) is 1.44. The highest BCUT2D eigenvalue weighted by atomic mass is 16.4. The lowest BCUT2D eigenvalue weighted by Crippen LogP contribution is -2.44. The molecule has 0 radical (unpaired) electrons. The number of carboxylic acid groups (broad SMARTS) is 1. The summed E-state index contributed by atoms with van der Waals surface area (Å²) in [6.45, 7) is 4.81. The zero-order valence-corrected chi connectivity index (χ0v) is 12.3. The van der Waals surface area contributed by atoms with Gasteiger partial charge in [-0.05, 0) is 32.9 Å². The van der Waals surface area contributed by atoms with Crippen LogP contribution in [0.2, 0.25) is 0 Å². The number of hydrogen-bond donors (Lipinski definition) is 3. The Labute approximate surface area is 123 Å². The number of nitrogens with one attached hydrogen (secondary N) is 2. The van der Waals surface area contributed by atoms with Gasteiger partial charge in [-0.3, -0.25) is 14.4 Å². The maximum absolute atomic E-state index is 11.8. The van der Waals surface area contributed by atoms with Crippen molar-refractivity contribution in [2.45, 2.75) is 26.8 Å². The van der Waals surface area contributed by atoms with Crippen molar-refractivity contribution in [2.75, 3.05) is 6.54 Å². The van der Waals surface area contributed by atoms with E-state index in [0.29, 0.717) is 5.56 Å². The highest BCUT2D eigenvalue weighted by Crippen LogP contribution is 2.04. The molecule has 114 valence electrons. The molecular weight excluding hydrogens is 272 g/mol. The minimum atomic E-state index is -0.980. The Morgan fingerprint density at radius 2 is 1.90 bits per heavy atom. The topological polar surface area (TPSA) is 95.5 Å². The van der Waals surface area contributed by atoms with E-state index in [1.807, 2.05) is 13.0 Å². The smallest absolute Gasteiger partial charge is 0.308 e. The molecule has 0 aliphatic heterocycles. The van der Waals surface area contributed by atoms with Crippen LogP contribution in [0.3, 0.4) is 0 Å². The molecule has 0 saturated heterocycles. The van der Waals surface area contributed by atoms with E-state index in [4.69, 9.17) is 5.11 Å². The molecule has 2 unspecified atom stereocenters. The third-order valence-corrected chi connectivity index (χ3v) is 3.22. The number of rotatable bonds is 6. The normalized spacial score (nSPS) is 13.1. The van der Waals surface area contributed by atoms with E-state index in [-0.39, 0.29) is 12.5 Å². The number of amides is 2. The average molecular weight is 292 g/mol. The molecule has 0 fully saturated rings. The third-order valence-electron chi connectivity index (χ3n) is 3.22. The minimum Gasteiger partial charge on any atom is -0.481 e. The van der Waals surface area contributed by atoms with Crippen LogP contribution in [0.1, 0.15) is 29.8 Å². The zero-order chi connectivity index (χ0) is 16.0. The Morgan fingerprint density at radius 3 is 2.48 bits per heavy atom. The van der Waals surface area contributed by atoms with Gasteiger partial charge in [-0.15, -0.1) is 0 Å². The van der Waals surface area contributed by atoms with Crippen LogP contribution in [-0.4, -0.2) is 35.5 Å². The number of aryl methyl sites for hydroxylation is 1. The molecule has 0 bridgehead atoms. The quantitative estimate of drug-likeness (QED) is 0.727.